The molecule has 1 saturated heterocycles. The lowest BCUT2D eigenvalue weighted by Crippen LogP contribution is -2.43. The molecule has 1 aliphatic carbocycles. The van der Waals surface area contributed by atoms with Gasteiger partial charge >= 0.3 is 0 Å². The van der Waals surface area contributed by atoms with Gasteiger partial charge < -0.3 is 5.32 Å². The van der Waals surface area contributed by atoms with Crippen molar-refractivity contribution in [2.45, 2.75) is 38.1 Å². The van der Waals surface area contributed by atoms with E-state index in [0.717, 1.165) is 13.1 Å². The third-order valence-electron chi connectivity index (χ3n) is 3.88. The van der Waals surface area contributed by atoms with Gasteiger partial charge in [-0.1, -0.05) is 30.9 Å². The largest absolute Gasteiger partial charge is 0.312 e. The Labute approximate surface area is 101 Å². The monoisotopic (exact) mass is 234 g/mol. The fourth-order valence-corrected chi connectivity index (χ4v) is 2.62. The summed E-state index contributed by atoms with van der Waals surface area (Å²) in [6.45, 7) is 1.86. The minimum absolute atomic E-state index is 0.162. The van der Waals surface area contributed by atoms with Gasteiger partial charge in [0.1, 0.15) is 5.69 Å². The molecule has 17 heavy (non-hydrogen) atoms. The Kier molecular flexibility index (Phi) is 2.93. The Balaban J connectivity index is 1.62. The first-order valence-electron chi connectivity index (χ1n) is 6.48. The number of nitrogens with one attached hydrogen (secondary N) is 1. The number of Topliss-reactive ketones (excluding diaryl/α,β-unsaturated/α-hetero) is 1. The van der Waals surface area contributed by atoms with E-state index < -0.39 is 0 Å². The van der Waals surface area contributed by atoms with E-state index in [1.165, 1.54) is 25.7 Å². The Bertz CT molecular complexity index is 404. The van der Waals surface area contributed by atoms with Crippen molar-refractivity contribution in [3.8, 4) is 0 Å². The van der Waals surface area contributed by atoms with Gasteiger partial charge in [0.15, 0.2) is 5.78 Å². The van der Waals surface area contributed by atoms with Crippen molar-refractivity contribution in [1.82, 2.24) is 20.3 Å². The maximum atomic E-state index is 12.0. The van der Waals surface area contributed by atoms with E-state index in [-0.39, 0.29) is 5.78 Å². The van der Waals surface area contributed by atoms with Crippen molar-refractivity contribution >= 4 is 5.78 Å². The second-order valence-corrected chi connectivity index (χ2v) is 5.17. The molecule has 1 N–H and O–H groups in total. The second kappa shape index (κ2) is 4.56. The average molecular weight is 234 g/mol. The Morgan fingerprint density at radius 2 is 2.18 bits per heavy atom. The molecule has 1 aromatic rings. The quantitative estimate of drug-likeness (QED) is 0.795. The van der Waals surface area contributed by atoms with Crippen LogP contribution in [0.25, 0.3) is 0 Å². The number of carbonyl (C=O) groups is 1. The summed E-state index contributed by atoms with van der Waals surface area (Å²) in [5.41, 5.74) is 0.545. The van der Waals surface area contributed by atoms with Crippen LogP contribution in [0.5, 0.6) is 0 Å². The van der Waals surface area contributed by atoms with Crippen molar-refractivity contribution in [2.24, 2.45) is 5.92 Å². The number of rotatable bonds is 4. The van der Waals surface area contributed by atoms with Crippen LogP contribution in [-0.4, -0.2) is 33.9 Å². The first-order chi connectivity index (χ1) is 8.33. The van der Waals surface area contributed by atoms with Crippen molar-refractivity contribution in [1.29, 1.82) is 0 Å². The van der Waals surface area contributed by atoms with Crippen molar-refractivity contribution in [3.63, 3.8) is 0 Å². The smallest absolute Gasteiger partial charge is 0.184 e. The minimum Gasteiger partial charge on any atom is -0.312 e. The number of ketones is 1. The topological polar surface area (TPSA) is 59.8 Å². The average Bonchev–Trinajstić information content (AvgIpc) is 2.85. The van der Waals surface area contributed by atoms with E-state index in [2.05, 4.69) is 15.6 Å². The predicted molar refractivity (Wildman–Crippen MR) is 62.8 cm³/mol. The van der Waals surface area contributed by atoms with Gasteiger partial charge in [0.25, 0.3) is 0 Å². The van der Waals surface area contributed by atoms with Crippen molar-refractivity contribution in [3.05, 3.63) is 11.9 Å². The summed E-state index contributed by atoms with van der Waals surface area (Å²) in [4.78, 5) is 12.0. The highest BCUT2D eigenvalue weighted by molar-refractivity contribution is 5.94. The van der Waals surface area contributed by atoms with Crippen LogP contribution in [-0.2, 0) is 0 Å². The maximum absolute atomic E-state index is 12.0. The second-order valence-electron chi connectivity index (χ2n) is 5.17. The van der Waals surface area contributed by atoms with Crippen molar-refractivity contribution in [2.75, 3.05) is 13.1 Å². The summed E-state index contributed by atoms with van der Waals surface area (Å²) < 4.78 is 1.82. The zero-order chi connectivity index (χ0) is 11.7. The van der Waals surface area contributed by atoms with E-state index in [0.29, 0.717) is 24.1 Å². The third-order valence-corrected chi connectivity index (χ3v) is 3.88. The zero-order valence-corrected chi connectivity index (χ0v) is 9.93. The van der Waals surface area contributed by atoms with Crippen LogP contribution in [0.2, 0.25) is 0 Å². The van der Waals surface area contributed by atoms with Gasteiger partial charge in [-0.05, 0) is 5.92 Å². The summed E-state index contributed by atoms with van der Waals surface area (Å²) in [7, 11) is 0. The maximum Gasteiger partial charge on any atom is 0.184 e. The fraction of sp³-hybridized carbons (Fsp3) is 0.750. The normalized spacial score (nSPS) is 21.6. The Morgan fingerprint density at radius 1 is 1.41 bits per heavy atom. The molecule has 1 saturated carbocycles. The van der Waals surface area contributed by atoms with Gasteiger partial charge in [-0.15, -0.1) is 5.10 Å². The molecule has 0 amide bonds. The van der Waals surface area contributed by atoms with Gasteiger partial charge in [0, 0.05) is 19.5 Å². The summed E-state index contributed by atoms with van der Waals surface area (Å²) in [6.07, 6.45) is 7.42. The molecule has 1 aromatic heterocycles. The summed E-state index contributed by atoms with van der Waals surface area (Å²) in [5, 5.41) is 11.2. The molecule has 2 aliphatic rings. The lowest BCUT2D eigenvalue weighted by atomic mass is 10.00. The van der Waals surface area contributed by atoms with Crippen LogP contribution < -0.4 is 5.32 Å². The molecule has 2 fully saturated rings. The molecule has 5 heteroatoms. The number of carbonyl (C=O) groups excluding carboxylic acids is 1. The van der Waals surface area contributed by atoms with Crippen LogP contribution in [0, 0.1) is 5.92 Å². The number of hydrogen-bond acceptors (Lipinski definition) is 4. The fourth-order valence-electron chi connectivity index (χ4n) is 2.62. The van der Waals surface area contributed by atoms with Gasteiger partial charge in [-0.2, -0.15) is 0 Å². The summed E-state index contributed by atoms with van der Waals surface area (Å²) in [6, 6.07) is 0.385. The van der Waals surface area contributed by atoms with Crippen LogP contribution >= 0.6 is 0 Å². The SMILES string of the molecule is O=C(CC1CCCC1)c1cn(C2CNC2)nn1. The van der Waals surface area contributed by atoms with Crippen LogP contribution in [0.1, 0.15) is 48.6 Å². The number of nitrogens with zero attached hydrogens (tertiary/aromatic N) is 3. The van der Waals surface area contributed by atoms with Gasteiger partial charge in [0.05, 0.1) is 12.2 Å². The molecular weight excluding hydrogens is 216 g/mol. The summed E-state index contributed by atoms with van der Waals surface area (Å²) in [5.74, 6) is 0.744. The molecule has 0 unspecified atom stereocenters. The van der Waals surface area contributed by atoms with Gasteiger partial charge in [-0.3, -0.25) is 4.79 Å². The summed E-state index contributed by atoms with van der Waals surface area (Å²) >= 11 is 0. The lowest BCUT2D eigenvalue weighted by molar-refractivity contribution is 0.0957. The van der Waals surface area contributed by atoms with E-state index in [1.807, 2.05) is 10.9 Å². The lowest BCUT2D eigenvalue weighted by Gasteiger charge is -2.26. The van der Waals surface area contributed by atoms with E-state index in [4.69, 9.17) is 0 Å². The van der Waals surface area contributed by atoms with Gasteiger partial charge in [-0.25, -0.2) is 4.68 Å². The Hall–Kier alpha value is -1.23. The molecule has 5 nitrogen and oxygen atoms in total. The molecule has 1 aliphatic heterocycles. The first kappa shape index (κ1) is 10.9. The molecule has 0 bridgehead atoms. The molecule has 92 valence electrons. The highest BCUT2D eigenvalue weighted by atomic mass is 16.1. The van der Waals surface area contributed by atoms with Crippen molar-refractivity contribution < 1.29 is 4.79 Å². The Morgan fingerprint density at radius 3 is 2.82 bits per heavy atom. The van der Waals surface area contributed by atoms with E-state index >= 15 is 0 Å². The van der Waals surface area contributed by atoms with Crippen LogP contribution in [0.3, 0.4) is 0 Å². The van der Waals surface area contributed by atoms with Gasteiger partial charge in [0.2, 0.25) is 0 Å². The number of hydrogen-bond donors (Lipinski definition) is 1. The number of aromatic nitrogens is 3. The third kappa shape index (κ3) is 2.24. The van der Waals surface area contributed by atoms with Crippen LogP contribution in [0.15, 0.2) is 6.20 Å². The molecular formula is C12H18N4O. The molecule has 3 rings (SSSR count). The minimum atomic E-state index is 0.162. The molecule has 2 heterocycles. The predicted octanol–water partition coefficient (Wildman–Crippen LogP) is 1.19. The molecule has 0 atom stereocenters. The highest BCUT2D eigenvalue weighted by Crippen LogP contribution is 2.28. The standard InChI is InChI=1S/C12H18N4O/c17-12(5-9-3-1-2-4-9)11-8-16(15-14-11)10-6-13-7-10/h8-10,13H,1-7H2. The molecule has 0 aromatic carbocycles. The zero-order valence-electron chi connectivity index (χ0n) is 9.93. The van der Waals surface area contributed by atoms with E-state index in [1.54, 1.807) is 0 Å². The molecule has 0 radical (unpaired) electrons. The van der Waals surface area contributed by atoms with Crippen LogP contribution in [0.4, 0.5) is 0 Å². The van der Waals surface area contributed by atoms with E-state index in [9.17, 15) is 4.79 Å². The highest BCUT2D eigenvalue weighted by Gasteiger charge is 2.24. The first-order valence-corrected chi connectivity index (χ1v) is 6.48. The molecule has 0 spiro atoms.